The largest absolute Gasteiger partial charge is 0.481 e. The van der Waals surface area contributed by atoms with Crippen LogP contribution in [0.25, 0.3) is 0 Å². The average molecular weight is 315 g/mol. The Balaban J connectivity index is 1.88. The van der Waals surface area contributed by atoms with Crippen molar-refractivity contribution < 1.29 is 19.4 Å². The van der Waals surface area contributed by atoms with E-state index >= 15 is 0 Å². The Kier molecular flexibility index (Phi) is 4.22. The number of para-hydroxylation sites is 1. The van der Waals surface area contributed by atoms with Crippen LogP contribution in [0.1, 0.15) is 25.0 Å². The first-order valence-electron chi connectivity index (χ1n) is 8.05. The van der Waals surface area contributed by atoms with Crippen LogP contribution in [0.15, 0.2) is 30.4 Å². The van der Waals surface area contributed by atoms with Crippen LogP contribution < -0.4 is 5.32 Å². The van der Waals surface area contributed by atoms with Crippen LogP contribution in [0, 0.1) is 11.8 Å². The Morgan fingerprint density at radius 3 is 2.17 bits per heavy atom. The predicted octanol–water partition coefficient (Wildman–Crippen LogP) is 2.40. The third-order valence-electron chi connectivity index (χ3n) is 4.73. The first-order valence-corrected chi connectivity index (χ1v) is 8.05. The first-order chi connectivity index (χ1) is 11.1. The van der Waals surface area contributed by atoms with E-state index in [0.717, 1.165) is 29.7 Å². The van der Waals surface area contributed by atoms with Crippen molar-refractivity contribution in [2.45, 2.75) is 38.9 Å². The number of anilines is 1. The lowest BCUT2D eigenvalue weighted by atomic mass is 9.82. The summed E-state index contributed by atoms with van der Waals surface area (Å²) in [7, 11) is 0. The zero-order chi connectivity index (χ0) is 16.6. The monoisotopic (exact) mass is 315 g/mol. The normalized spacial score (nSPS) is 28.1. The fraction of sp³-hybridized carbons (Fsp3) is 0.444. The van der Waals surface area contributed by atoms with Crippen LogP contribution in [0.4, 0.5) is 5.69 Å². The number of amides is 1. The molecule has 0 unspecified atom stereocenters. The van der Waals surface area contributed by atoms with Crippen molar-refractivity contribution in [3.8, 4) is 0 Å². The van der Waals surface area contributed by atoms with Crippen LogP contribution in [-0.2, 0) is 27.2 Å². The number of nitrogens with one attached hydrogen (secondary N) is 1. The van der Waals surface area contributed by atoms with Gasteiger partial charge in [0.1, 0.15) is 5.92 Å². The average Bonchev–Trinajstić information content (AvgIpc) is 3.15. The molecule has 2 aliphatic rings. The molecule has 2 bridgehead atoms. The highest BCUT2D eigenvalue weighted by Crippen LogP contribution is 2.40. The highest BCUT2D eigenvalue weighted by Gasteiger charge is 2.53. The molecule has 1 saturated heterocycles. The SMILES string of the molecule is CCc1cccc(CC)c1NC(=O)[C@@H]1[C@@H](C(=O)O)[C@H]2C=C[C@H]1O2. The summed E-state index contributed by atoms with van der Waals surface area (Å²) in [5.74, 6) is -2.76. The van der Waals surface area contributed by atoms with Gasteiger partial charge in [0.15, 0.2) is 0 Å². The maximum Gasteiger partial charge on any atom is 0.310 e. The number of hydrogen-bond acceptors (Lipinski definition) is 3. The molecular weight excluding hydrogens is 294 g/mol. The van der Waals surface area contributed by atoms with Gasteiger partial charge in [-0.25, -0.2) is 0 Å². The number of rotatable bonds is 5. The Morgan fingerprint density at radius 2 is 1.65 bits per heavy atom. The van der Waals surface area contributed by atoms with Gasteiger partial charge in [-0.1, -0.05) is 44.2 Å². The highest BCUT2D eigenvalue weighted by molar-refractivity contribution is 5.97. The van der Waals surface area contributed by atoms with E-state index in [2.05, 4.69) is 5.32 Å². The summed E-state index contributed by atoms with van der Waals surface area (Å²) < 4.78 is 5.58. The van der Waals surface area contributed by atoms with E-state index in [4.69, 9.17) is 4.74 Å². The Hall–Kier alpha value is -2.14. The Morgan fingerprint density at radius 1 is 1.09 bits per heavy atom. The van der Waals surface area contributed by atoms with Gasteiger partial charge >= 0.3 is 5.97 Å². The Labute approximate surface area is 135 Å². The van der Waals surface area contributed by atoms with E-state index in [-0.39, 0.29) is 5.91 Å². The van der Waals surface area contributed by atoms with E-state index in [1.807, 2.05) is 32.0 Å². The number of carbonyl (C=O) groups is 2. The van der Waals surface area contributed by atoms with Crippen molar-refractivity contribution in [3.05, 3.63) is 41.5 Å². The van der Waals surface area contributed by atoms with Crippen LogP contribution in [0.3, 0.4) is 0 Å². The zero-order valence-corrected chi connectivity index (χ0v) is 13.3. The predicted molar refractivity (Wildman–Crippen MR) is 86.2 cm³/mol. The molecule has 0 aromatic heterocycles. The standard InChI is InChI=1S/C18H21NO4/c1-3-10-6-5-7-11(4-2)16(10)19-17(20)14-12-8-9-13(23-12)15(14)18(21)22/h5-9,12-15H,3-4H2,1-2H3,(H,19,20)(H,21,22)/t12-,13-,14+,15+/m1/s1. The highest BCUT2D eigenvalue weighted by atomic mass is 16.5. The molecule has 2 aliphatic heterocycles. The molecule has 5 heteroatoms. The van der Waals surface area contributed by atoms with Gasteiger partial charge in [-0.15, -0.1) is 0 Å². The summed E-state index contributed by atoms with van der Waals surface area (Å²) in [6.07, 6.45) is 4.20. The second kappa shape index (κ2) is 6.16. The summed E-state index contributed by atoms with van der Waals surface area (Å²) in [5.41, 5.74) is 2.94. The molecule has 0 spiro atoms. The summed E-state index contributed by atoms with van der Waals surface area (Å²) >= 11 is 0. The van der Waals surface area contributed by atoms with Gasteiger partial charge in [-0.05, 0) is 24.0 Å². The number of hydrogen-bond donors (Lipinski definition) is 2. The van der Waals surface area contributed by atoms with Gasteiger partial charge < -0.3 is 15.2 Å². The lowest BCUT2D eigenvalue weighted by Crippen LogP contribution is -2.39. The molecular formula is C18H21NO4. The molecule has 2 heterocycles. The molecule has 0 saturated carbocycles. The van der Waals surface area contributed by atoms with Gasteiger partial charge in [-0.2, -0.15) is 0 Å². The van der Waals surface area contributed by atoms with Crippen molar-refractivity contribution in [1.82, 2.24) is 0 Å². The van der Waals surface area contributed by atoms with Gasteiger partial charge in [-0.3, -0.25) is 9.59 Å². The molecule has 3 rings (SSSR count). The van der Waals surface area contributed by atoms with Crippen molar-refractivity contribution in [2.75, 3.05) is 5.32 Å². The summed E-state index contributed by atoms with van der Waals surface area (Å²) in [4.78, 5) is 24.3. The number of carbonyl (C=O) groups excluding carboxylic acids is 1. The number of fused-ring (bicyclic) bond motifs is 2. The third-order valence-corrected chi connectivity index (χ3v) is 4.73. The van der Waals surface area contributed by atoms with Crippen molar-refractivity contribution in [3.63, 3.8) is 0 Å². The second-order valence-corrected chi connectivity index (χ2v) is 5.99. The second-order valence-electron chi connectivity index (χ2n) is 5.99. The molecule has 122 valence electrons. The summed E-state index contributed by atoms with van der Waals surface area (Å²) in [6, 6.07) is 5.96. The minimum atomic E-state index is -0.985. The molecule has 4 atom stereocenters. The molecule has 0 aliphatic carbocycles. The van der Waals surface area contributed by atoms with Crippen LogP contribution >= 0.6 is 0 Å². The van der Waals surface area contributed by atoms with E-state index in [9.17, 15) is 14.7 Å². The molecule has 23 heavy (non-hydrogen) atoms. The Bertz CT molecular complexity index is 645. The number of benzene rings is 1. The fourth-order valence-corrected chi connectivity index (χ4v) is 3.52. The lowest BCUT2D eigenvalue weighted by molar-refractivity contribution is -0.145. The zero-order valence-electron chi connectivity index (χ0n) is 13.3. The molecule has 1 fully saturated rings. The first kappa shape index (κ1) is 15.7. The minimum Gasteiger partial charge on any atom is -0.481 e. The number of carboxylic acids is 1. The summed E-state index contributed by atoms with van der Waals surface area (Å²) in [5, 5.41) is 12.4. The van der Waals surface area contributed by atoms with Gasteiger partial charge in [0, 0.05) is 5.69 Å². The lowest BCUT2D eigenvalue weighted by Gasteiger charge is -2.22. The molecule has 1 aromatic carbocycles. The van der Waals surface area contributed by atoms with Crippen molar-refractivity contribution >= 4 is 17.6 Å². The number of aryl methyl sites for hydroxylation is 2. The van der Waals surface area contributed by atoms with Crippen LogP contribution in [-0.4, -0.2) is 29.2 Å². The van der Waals surface area contributed by atoms with Gasteiger partial charge in [0.2, 0.25) is 5.91 Å². The maximum atomic E-state index is 12.8. The number of carboxylic acid groups (broad SMARTS) is 1. The van der Waals surface area contributed by atoms with Crippen LogP contribution in [0.5, 0.6) is 0 Å². The molecule has 5 nitrogen and oxygen atoms in total. The van der Waals surface area contributed by atoms with Crippen LogP contribution in [0.2, 0.25) is 0 Å². The number of ether oxygens (including phenoxy) is 1. The van der Waals surface area contributed by atoms with Crippen molar-refractivity contribution in [2.24, 2.45) is 11.8 Å². The molecule has 2 N–H and O–H groups in total. The smallest absolute Gasteiger partial charge is 0.310 e. The van der Waals surface area contributed by atoms with Gasteiger partial charge in [0.05, 0.1) is 18.1 Å². The summed E-state index contributed by atoms with van der Waals surface area (Å²) in [6.45, 7) is 4.07. The van der Waals surface area contributed by atoms with E-state index in [1.54, 1.807) is 12.2 Å². The quantitative estimate of drug-likeness (QED) is 0.818. The topological polar surface area (TPSA) is 75.6 Å². The minimum absolute atomic E-state index is 0.273. The molecule has 0 radical (unpaired) electrons. The van der Waals surface area contributed by atoms with E-state index in [0.29, 0.717) is 0 Å². The molecule has 1 amide bonds. The fourth-order valence-electron chi connectivity index (χ4n) is 3.52. The van der Waals surface area contributed by atoms with Gasteiger partial charge in [0.25, 0.3) is 0 Å². The maximum absolute atomic E-state index is 12.8. The molecule has 1 aromatic rings. The van der Waals surface area contributed by atoms with E-state index < -0.39 is 30.0 Å². The van der Waals surface area contributed by atoms with Crippen molar-refractivity contribution in [1.29, 1.82) is 0 Å². The third kappa shape index (κ3) is 2.65. The van der Waals surface area contributed by atoms with E-state index in [1.165, 1.54) is 0 Å². The number of aliphatic carboxylic acids is 1.